The molecule has 2 rings (SSSR count). The molecule has 1 unspecified atom stereocenters. The zero-order valence-electron chi connectivity index (χ0n) is 9.46. The third kappa shape index (κ3) is 1.46. The number of aromatic nitrogens is 2. The Morgan fingerprint density at radius 2 is 2.07 bits per heavy atom. The molecular formula is C11H19N3. The van der Waals surface area contributed by atoms with Crippen LogP contribution in [0, 0.1) is 19.8 Å². The fourth-order valence-corrected chi connectivity index (χ4v) is 2.29. The average Bonchev–Trinajstić information content (AvgIpc) is 2.91. The van der Waals surface area contributed by atoms with Crippen molar-refractivity contribution in [2.45, 2.75) is 32.7 Å². The van der Waals surface area contributed by atoms with Crippen LogP contribution in [0.3, 0.4) is 0 Å². The molecule has 1 N–H and O–H groups in total. The molecule has 3 heteroatoms. The van der Waals surface area contributed by atoms with Gasteiger partial charge in [-0.05, 0) is 39.7 Å². The molecule has 0 aliphatic heterocycles. The van der Waals surface area contributed by atoms with E-state index in [1.807, 2.05) is 11.7 Å². The molecule has 0 radical (unpaired) electrons. The van der Waals surface area contributed by atoms with E-state index >= 15 is 0 Å². The minimum atomic E-state index is 0.517. The second-order valence-corrected chi connectivity index (χ2v) is 4.31. The maximum Gasteiger partial charge on any atom is 0.0644 e. The zero-order valence-corrected chi connectivity index (χ0v) is 9.46. The molecule has 78 valence electrons. The van der Waals surface area contributed by atoms with E-state index in [1.165, 1.54) is 29.8 Å². The Morgan fingerprint density at radius 3 is 2.43 bits per heavy atom. The summed E-state index contributed by atoms with van der Waals surface area (Å²) in [6.45, 7) is 4.26. The number of hydrogen-bond donors (Lipinski definition) is 1. The van der Waals surface area contributed by atoms with Crippen LogP contribution in [0.2, 0.25) is 0 Å². The van der Waals surface area contributed by atoms with Gasteiger partial charge in [0.25, 0.3) is 0 Å². The quantitative estimate of drug-likeness (QED) is 0.792. The van der Waals surface area contributed by atoms with Crippen molar-refractivity contribution >= 4 is 0 Å². The van der Waals surface area contributed by atoms with Crippen LogP contribution in [0.25, 0.3) is 0 Å². The molecule has 0 saturated heterocycles. The van der Waals surface area contributed by atoms with E-state index in [2.05, 4.69) is 31.3 Å². The van der Waals surface area contributed by atoms with Crippen LogP contribution in [0.1, 0.15) is 35.8 Å². The smallest absolute Gasteiger partial charge is 0.0644 e. The summed E-state index contributed by atoms with van der Waals surface area (Å²) in [5.74, 6) is 0.835. The fourth-order valence-electron chi connectivity index (χ4n) is 2.29. The third-order valence-corrected chi connectivity index (χ3v) is 3.28. The maximum absolute atomic E-state index is 4.47. The minimum absolute atomic E-state index is 0.517. The van der Waals surface area contributed by atoms with Crippen LogP contribution in [-0.4, -0.2) is 16.8 Å². The minimum Gasteiger partial charge on any atom is -0.313 e. The second kappa shape index (κ2) is 3.39. The Bertz CT molecular complexity index is 337. The van der Waals surface area contributed by atoms with E-state index in [0.29, 0.717) is 6.04 Å². The van der Waals surface area contributed by atoms with Gasteiger partial charge >= 0.3 is 0 Å². The number of rotatable bonds is 3. The lowest BCUT2D eigenvalue weighted by atomic mass is 10.0. The van der Waals surface area contributed by atoms with Gasteiger partial charge in [0, 0.05) is 24.3 Å². The first-order valence-electron chi connectivity index (χ1n) is 5.32. The van der Waals surface area contributed by atoms with E-state index in [0.717, 1.165) is 5.92 Å². The first-order chi connectivity index (χ1) is 6.65. The van der Waals surface area contributed by atoms with Crippen molar-refractivity contribution in [1.29, 1.82) is 0 Å². The highest BCUT2D eigenvalue weighted by atomic mass is 15.3. The van der Waals surface area contributed by atoms with Crippen LogP contribution in [0.15, 0.2) is 0 Å². The summed E-state index contributed by atoms with van der Waals surface area (Å²) in [5, 5.41) is 7.89. The van der Waals surface area contributed by atoms with Crippen molar-refractivity contribution < 1.29 is 0 Å². The van der Waals surface area contributed by atoms with Gasteiger partial charge in [0.2, 0.25) is 0 Å². The van der Waals surface area contributed by atoms with Gasteiger partial charge in [-0.15, -0.1) is 0 Å². The average molecular weight is 193 g/mol. The maximum atomic E-state index is 4.47. The molecule has 0 bridgehead atoms. The molecule has 14 heavy (non-hydrogen) atoms. The predicted molar refractivity (Wildman–Crippen MR) is 57.2 cm³/mol. The van der Waals surface area contributed by atoms with Crippen molar-refractivity contribution in [3.8, 4) is 0 Å². The lowest BCUT2D eigenvalue weighted by Gasteiger charge is -2.16. The molecule has 1 aliphatic carbocycles. The van der Waals surface area contributed by atoms with Gasteiger partial charge in [0.05, 0.1) is 5.69 Å². The first-order valence-corrected chi connectivity index (χ1v) is 5.32. The summed E-state index contributed by atoms with van der Waals surface area (Å²) < 4.78 is 1.98. The van der Waals surface area contributed by atoms with Crippen LogP contribution in [0.4, 0.5) is 0 Å². The van der Waals surface area contributed by atoms with Gasteiger partial charge in [-0.2, -0.15) is 5.10 Å². The SMILES string of the molecule is CNC(c1c(C)nn(C)c1C)C1CC1. The molecule has 1 saturated carbocycles. The summed E-state index contributed by atoms with van der Waals surface area (Å²) in [5.41, 5.74) is 3.89. The Kier molecular flexibility index (Phi) is 2.35. The molecule has 0 aromatic carbocycles. The van der Waals surface area contributed by atoms with E-state index in [9.17, 15) is 0 Å². The van der Waals surface area contributed by atoms with Crippen molar-refractivity contribution in [2.75, 3.05) is 7.05 Å². The third-order valence-electron chi connectivity index (χ3n) is 3.28. The zero-order chi connectivity index (χ0) is 10.3. The highest BCUT2D eigenvalue weighted by Crippen LogP contribution is 2.42. The van der Waals surface area contributed by atoms with Crippen molar-refractivity contribution in [3.05, 3.63) is 17.0 Å². The largest absolute Gasteiger partial charge is 0.313 e. The molecule has 0 spiro atoms. The number of nitrogens with zero attached hydrogens (tertiary/aromatic N) is 2. The van der Waals surface area contributed by atoms with Gasteiger partial charge in [-0.25, -0.2) is 0 Å². The van der Waals surface area contributed by atoms with Crippen LogP contribution in [-0.2, 0) is 7.05 Å². The van der Waals surface area contributed by atoms with E-state index < -0.39 is 0 Å². The fraction of sp³-hybridized carbons (Fsp3) is 0.727. The standard InChI is InChI=1S/C11H19N3/c1-7-10(8(2)14(4)13-7)11(12-3)9-5-6-9/h9,11-12H,5-6H2,1-4H3. The van der Waals surface area contributed by atoms with Gasteiger partial charge in [-0.1, -0.05) is 0 Å². The van der Waals surface area contributed by atoms with E-state index in [1.54, 1.807) is 0 Å². The highest BCUT2D eigenvalue weighted by Gasteiger charge is 2.34. The summed E-state index contributed by atoms with van der Waals surface area (Å²) >= 11 is 0. The molecule has 1 fully saturated rings. The van der Waals surface area contributed by atoms with Gasteiger partial charge in [0.15, 0.2) is 0 Å². The molecule has 1 aromatic rings. The van der Waals surface area contributed by atoms with E-state index in [4.69, 9.17) is 0 Å². The lowest BCUT2D eigenvalue weighted by molar-refractivity contribution is 0.523. The van der Waals surface area contributed by atoms with Gasteiger partial charge in [-0.3, -0.25) is 4.68 Å². The van der Waals surface area contributed by atoms with Gasteiger partial charge < -0.3 is 5.32 Å². The summed E-state index contributed by atoms with van der Waals surface area (Å²) in [4.78, 5) is 0. The molecule has 0 amide bonds. The molecule has 1 heterocycles. The lowest BCUT2D eigenvalue weighted by Crippen LogP contribution is -2.19. The summed E-state index contributed by atoms with van der Waals surface area (Å²) in [7, 11) is 4.07. The van der Waals surface area contributed by atoms with Crippen LogP contribution in [0.5, 0.6) is 0 Å². The van der Waals surface area contributed by atoms with Crippen molar-refractivity contribution in [3.63, 3.8) is 0 Å². The Morgan fingerprint density at radius 1 is 1.43 bits per heavy atom. The van der Waals surface area contributed by atoms with Crippen LogP contribution >= 0.6 is 0 Å². The van der Waals surface area contributed by atoms with Gasteiger partial charge in [0.1, 0.15) is 0 Å². The predicted octanol–water partition coefficient (Wildman–Crippen LogP) is 1.71. The molecule has 1 atom stereocenters. The summed E-state index contributed by atoms with van der Waals surface area (Å²) in [6, 6.07) is 0.517. The summed E-state index contributed by atoms with van der Waals surface area (Å²) in [6.07, 6.45) is 2.72. The highest BCUT2D eigenvalue weighted by molar-refractivity contribution is 5.29. The number of hydrogen-bond acceptors (Lipinski definition) is 2. The van der Waals surface area contributed by atoms with E-state index in [-0.39, 0.29) is 0 Å². The Balaban J connectivity index is 2.37. The topological polar surface area (TPSA) is 29.9 Å². The number of nitrogens with one attached hydrogen (secondary N) is 1. The van der Waals surface area contributed by atoms with Crippen molar-refractivity contribution in [2.24, 2.45) is 13.0 Å². The van der Waals surface area contributed by atoms with Crippen LogP contribution < -0.4 is 5.32 Å². The Labute approximate surface area is 85.5 Å². The molecule has 3 nitrogen and oxygen atoms in total. The molecule has 1 aliphatic rings. The monoisotopic (exact) mass is 193 g/mol. The first kappa shape index (κ1) is 9.71. The Hall–Kier alpha value is -0.830. The number of aryl methyl sites for hydroxylation is 2. The molecular weight excluding hydrogens is 174 g/mol. The normalized spacial score (nSPS) is 18.6. The second-order valence-electron chi connectivity index (χ2n) is 4.31. The molecule has 1 aromatic heterocycles. The van der Waals surface area contributed by atoms with Crippen molar-refractivity contribution in [1.82, 2.24) is 15.1 Å².